The van der Waals surface area contributed by atoms with E-state index in [0.717, 1.165) is 4.90 Å². The highest BCUT2D eigenvalue weighted by Gasteiger charge is 2.02. The maximum atomic E-state index is 5.87. The molecule has 0 unspecified atom stereocenters. The maximum Gasteiger partial charge on any atom is 0.221 e. The van der Waals surface area contributed by atoms with E-state index in [1.165, 1.54) is 33.5 Å². The van der Waals surface area contributed by atoms with Crippen LogP contribution in [0.15, 0.2) is 68.1 Å². The Balaban J connectivity index is 2.05. The lowest BCUT2D eigenvalue weighted by Gasteiger charge is -2.08. The molecule has 2 aromatic carbocycles. The fraction of sp³-hybridized carbons (Fsp3) is 0.318. The second kappa shape index (κ2) is 10.5. The van der Waals surface area contributed by atoms with E-state index in [0.29, 0.717) is 18.4 Å². The van der Waals surface area contributed by atoms with E-state index in [1.807, 2.05) is 11.5 Å². The number of rotatable bonds is 7. The average molecular weight is 386 g/mol. The molecule has 0 aromatic heterocycles. The van der Waals surface area contributed by atoms with Gasteiger partial charge in [-0.1, -0.05) is 61.0 Å². The van der Waals surface area contributed by atoms with Gasteiger partial charge in [0.15, 0.2) is 0 Å². The number of thioether (sulfide) groups is 1. The van der Waals surface area contributed by atoms with Crippen LogP contribution >= 0.6 is 23.7 Å². The van der Waals surface area contributed by atoms with Gasteiger partial charge in [-0.05, 0) is 55.9 Å². The van der Waals surface area contributed by atoms with Crippen molar-refractivity contribution in [1.29, 1.82) is 0 Å². The SMILES string of the molecule is Cc1ccc(SN=C(/C=C/Sc2ccc(C)cc2C)OCC(C)C)cc1. The monoisotopic (exact) mass is 385 g/mol. The third-order valence-corrected chi connectivity index (χ3v) is 5.30. The van der Waals surface area contributed by atoms with Gasteiger partial charge >= 0.3 is 0 Å². The Labute approximate surface area is 166 Å². The van der Waals surface area contributed by atoms with Gasteiger partial charge in [-0.2, -0.15) is 4.40 Å². The van der Waals surface area contributed by atoms with Crippen molar-refractivity contribution in [1.82, 2.24) is 0 Å². The molecule has 2 aromatic rings. The molecule has 2 rings (SSSR count). The quantitative estimate of drug-likeness (QED) is 0.222. The zero-order chi connectivity index (χ0) is 18.9. The highest BCUT2D eigenvalue weighted by molar-refractivity contribution is 8.02. The van der Waals surface area contributed by atoms with Gasteiger partial charge in [0, 0.05) is 27.8 Å². The van der Waals surface area contributed by atoms with Crippen LogP contribution in [0.3, 0.4) is 0 Å². The molecule has 0 saturated carbocycles. The van der Waals surface area contributed by atoms with Crippen LogP contribution in [0.2, 0.25) is 0 Å². The summed E-state index contributed by atoms with van der Waals surface area (Å²) in [6.07, 6.45) is 1.95. The minimum atomic E-state index is 0.463. The summed E-state index contributed by atoms with van der Waals surface area (Å²) in [6.45, 7) is 11.3. The molecule has 0 atom stereocenters. The Morgan fingerprint density at radius 1 is 1.04 bits per heavy atom. The molecular formula is C22H27NOS2. The van der Waals surface area contributed by atoms with Crippen LogP contribution in [0.4, 0.5) is 0 Å². The summed E-state index contributed by atoms with van der Waals surface area (Å²) in [5, 5.41) is 2.05. The zero-order valence-electron chi connectivity index (χ0n) is 16.2. The van der Waals surface area contributed by atoms with Crippen LogP contribution in [0.1, 0.15) is 30.5 Å². The lowest BCUT2D eigenvalue weighted by atomic mass is 10.2. The summed E-state index contributed by atoms with van der Waals surface area (Å²) < 4.78 is 10.4. The van der Waals surface area contributed by atoms with Gasteiger partial charge in [-0.25, -0.2) is 0 Å². The van der Waals surface area contributed by atoms with E-state index in [1.54, 1.807) is 11.8 Å². The fourth-order valence-corrected chi connectivity index (χ4v) is 3.44. The topological polar surface area (TPSA) is 21.6 Å². The molecule has 0 bridgehead atoms. The van der Waals surface area contributed by atoms with Gasteiger partial charge in [-0.15, -0.1) is 0 Å². The molecule has 0 saturated heterocycles. The summed E-state index contributed by atoms with van der Waals surface area (Å²) in [7, 11) is 0. The van der Waals surface area contributed by atoms with Crippen LogP contribution in [-0.4, -0.2) is 12.5 Å². The van der Waals surface area contributed by atoms with E-state index < -0.39 is 0 Å². The number of aryl methyl sites for hydroxylation is 3. The van der Waals surface area contributed by atoms with E-state index in [9.17, 15) is 0 Å². The first-order chi connectivity index (χ1) is 12.4. The minimum absolute atomic E-state index is 0.463. The smallest absolute Gasteiger partial charge is 0.221 e. The third kappa shape index (κ3) is 7.30. The number of ether oxygens (including phenoxy) is 1. The first-order valence-corrected chi connectivity index (χ1v) is 10.4. The number of hydrogen-bond donors (Lipinski definition) is 0. The minimum Gasteiger partial charge on any atom is -0.477 e. The molecule has 138 valence electrons. The highest BCUT2D eigenvalue weighted by Crippen LogP contribution is 2.25. The first kappa shape index (κ1) is 20.7. The zero-order valence-corrected chi connectivity index (χ0v) is 17.8. The molecule has 26 heavy (non-hydrogen) atoms. The van der Waals surface area contributed by atoms with E-state index in [4.69, 9.17) is 4.74 Å². The lowest BCUT2D eigenvalue weighted by molar-refractivity contribution is 0.262. The predicted molar refractivity (Wildman–Crippen MR) is 116 cm³/mol. The maximum absolute atomic E-state index is 5.87. The molecule has 0 amide bonds. The van der Waals surface area contributed by atoms with Gasteiger partial charge in [-0.3, -0.25) is 0 Å². The van der Waals surface area contributed by atoms with Crippen LogP contribution in [-0.2, 0) is 4.74 Å². The largest absolute Gasteiger partial charge is 0.477 e. The van der Waals surface area contributed by atoms with Crippen molar-refractivity contribution >= 4 is 29.6 Å². The van der Waals surface area contributed by atoms with Crippen molar-refractivity contribution in [3.8, 4) is 0 Å². The van der Waals surface area contributed by atoms with Crippen molar-refractivity contribution in [3.05, 3.63) is 70.6 Å². The fourth-order valence-electron chi connectivity index (χ4n) is 2.15. The van der Waals surface area contributed by atoms with Crippen molar-refractivity contribution in [2.75, 3.05) is 6.61 Å². The molecule has 2 nitrogen and oxygen atoms in total. The average Bonchev–Trinajstić information content (AvgIpc) is 2.60. The van der Waals surface area contributed by atoms with Crippen molar-refractivity contribution in [3.63, 3.8) is 0 Å². The molecule has 0 fully saturated rings. The predicted octanol–water partition coefficient (Wildman–Crippen LogP) is 7.00. The Morgan fingerprint density at radius 3 is 2.38 bits per heavy atom. The van der Waals surface area contributed by atoms with E-state index in [2.05, 4.69) is 81.5 Å². The van der Waals surface area contributed by atoms with Crippen molar-refractivity contribution < 1.29 is 4.74 Å². The standard InChI is InChI=1S/C22H27NOS2/c1-16(2)15-24-22(23-26-20-9-6-17(3)7-10-20)12-13-25-21-11-8-18(4)14-19(21)5/h6-14,16H,15H2,1-5H3/b13-12+,23-22?. The van der Waals surface area contributed by atoms with Gasteiger partial charge in [0.2, 0.25) is 5.90 Å². The van der Waals surface area contributed by atoms with Gasteiger partial charge in [0.05, 0.1) is 6.61 Å². The van der Waals surface area contributed by atoms with Crippen LogP contribution in [0, 0.1) is 26.7 Å². The summed E-state index contributed by atoms with van der Waals surface area (Å²) in [4.78, 5) is 2.36. The van der Waals surface area contributed by atoms with Crippen LogP contribution < -0.4 is 0 Å². The normalized spacial score (nSPS) is 12.2. The molecule has 0 heterocycles. The van der Waals surface area contributed by atoms with E-state index in [-0.39, 0.29) is 0 Å². The Hall–Kier alpha value is -1.65. The molecule has 0 radical (unpaired) electrons. The van der Waals surface area contributed by atoms with Crippen molar-refractivity contribution in [2.24, 2.45) is 10.3 Å². The summed E-state index contributed by atoms with van der Waals surface area (Å²) in [5.74, 6) is 1.12. The number of benzene rings is 2. The van der Waals surface area contributed by atoms with Gasteiger partial charge in [0.25, 0.3) is 0 Å². The van der Waals surface area contributed by atoms with Gasteiger partial charge in [0.1, 0.15) is 0 Å². The number of nitrogens with zero attached hydrogens (tertiary/aromatic N) is 1. The Kier molecular flexibility index (Phi) is 8.33. The lowest BCUT2D eigenvalue weighted by Crippen LogP contribution is -2.07. The summed E-state index contributed by atoms with van der Waals surface area (Å²) in [5.41, 5.74) is 3.82. The molecule has 0 N–H and O–H groups in total. The highest BCUT2D eigenvalue weighted by atomic mass is 32.2. The van der Waals surface area contributed by atoms with Crippen LogP contribution in [0.5, 0.6) is 0 Å². The molecule has 4 heteroatoms. The Morgan fingerprint density at radius 2 is 1.73 bits per heavy atom. The summed E-state index contributed by atoms with van der Waals surface area (Å²) >= 11 is 3.13. The van der Waals surface area contributed by atoms with Crippen LogP contribution in [0.25, 0.3) is 0 Å². The molecule has 0 spiro atoms. The second-order valence-electron chi connectivity index (χ2n) is 6.73. The molecule has 0 aliphatic rings. The Bertz CT molecular complexity index is 764. The first-order valence-electron chi connectivity index (χ1n) is 8.79. The van der Waals surface area contributed by atoms with E-state index >= 15 is 0 Å². The third-order valence-electron chi connectivity index (χ3n) is 3.56. The van der Waals surface area contributed by atoms with Crippen molar-refractivity contribution in [2.45, 2.75) is 44.4 Å². The molecular weight excluding hydrogens is 358 g/mol. The van der Waals surface area contributed by atoms with Gasteiger partial charge < -0.3 is 4.74 Å². The number of hydrogen-bond acceptors (Lipinski definition) is 4. The summed E-state index contributed by atoms with van der Waals surface area (Å²) in [6, 6.07) is 14.9. The second-order valence-corrected chi connectivity index (χ2v) is 8.51. The molecule has 0 aliphatic carbocycles. The molecule has 0 aliphatic heterocycles.